The molecule has 0 fully saturated rings. The predicted octanol–water partition coefficient (Wildman–Crippen LogP) is 4.64. The largest absolute Gasteiger partial charge is 0.508 e. The molecule has 2 N–H and O–H groups in total. The van der Waals surface area contributed by atoms with Crippen LogP contribution in [0.5, 0.6) is 11.5 Å². The Morgan fingerprint density at radius 3 is 1.65 bits per heavy atom. The smallest absolute Gasteiger partial charge is 0.123 e. The highest BCUT2D eigenvalue weighted by atomic mass is 32.1. The Hall–Kier alpha value is -1.68. The molecule has 0 aliphatic carbocycles. The zero-order chi connectivity index (χ0) is 15.2. The van der Waals surface area contributed by atoms with Gasteiger partial charge in [-0.15, -0.1) is 0 Å². The quantitative estimate of drug-likeness (QED) is 0.707. The number of benzene rings is 2. The second kappa shape index (κ2) is 12.4. The number of aromatic hydroxyl groups is 2. The molecule has 0 saturated heterocycles. The van der Waals surface area contributed by atoms with Gasteiger partial charge in [0.25, 0.3) is 0 Å². The van der Waals surface area contributed by atoms with Gasteiger partial charge in [-0.1, -0.05) is 31.5 Å². The summed E-state index contributed by atoms with van der Waals surface area (Å²) in [6.45, 7) is 2.16. The molecule has 0 aliphatic heterocycles. The Bertz CT molecular complexity index is 409. The second-order valence-electron chi connectivity index (χ2n) is 3.89. The van der Waals surface area contributed by atoms with Crippen LogP contribution in [0.25, 0.3) is 0 Å². The molecule has 4 heteroatoms. The molecule has 110 valence electrons. The minimum atomic E-state index is -0.331. The molecule has 0 spiro atoms. The van der Waals surface area contributed by atoms with Crippen molar-refractivity contribution in [2.24, 2.45) is 0 Å². The van der Waals surface area contributed by atoms with Gasteiger partial charge in [-0.05, 0) is 48.6 Å². The molecule has 0 atom stereocenters. The zero-order valence-corrected chi connectivity index (χ0v) is 12.4. The van der Waals surface area contributed by atoms with Crippen LogP contribution < -0.4 is 0 Å². The van der Waals surface area contributed by atoms with Crippen molar-refractivity contribution < 1.29 is 14.6 Å². The maximum absolute atomic E-state index is 12.0. The van der Waals surface area contributed by atoms with Crippen molar-refractivity contribution in [2.75, 3.05) is 5.75 Å². The summed E-state index contributed by atoms with van der Waals surface area (Å²) in [6.07, 6.45) is 2.52. The summed E-state index contributed by atoms with van der Waals surface area (Å²) in [5.41, 5.74) is 0. The van der Waals surface area contributed by atoms with Crippen molar-refractivity contribution in [3.8, 4) is 11.5 Å². The van der Waals surface area contributed by atoms with Crippen LogP contribution in [0.2, 0.25) is 0 Å². The van der Waals surface area contributed by atoms with Crippen molar-refractivity contribution in [1.82, 2.24) is 0 Å². The fraction of sp³-hybridized carbons (Fsp3) is 0.250. The van der Waals surface area contributed by atoms with E-state index in [0.717, 1.165) is 5.75 Å². The van der Waals surface area contributed by atoms with E-state index < -0.39 is 0 Å². The first-order chi connectivity index (χ1) is 9.60. The summed E-state index contributed by atoms with van der Waals surface area (Å²) in [5, 5.41) is 17.2. The van der Waals surface area contributed by atoms with E-state index in [1.165, 1.54) is 37.1 Å². The van der Waals surface area contributed by atoms with E-state index >= 15 is 0 Å². The maximum Gasteiger partial charge on any atom is 0.123 e. The number of para-hydroxylation sites is 1. The molecule has 0 saturated carbocycles. The molecule has 0 aromatic heterocycles. The number of halogens is 1. The van der Waals surface area contributed by atoms with Crippen molar-refractivity contribution in [3.05, 3.63) is 60.4 Å². The van der Waals surface area contributed by atoms with Gasteiger partial charge in [0.1, 0.15) is 17.3 Å². The highest BCUT2D eigenvalue weighted by Crippen LogP contribution is 2.07. The van der Waals surface area contributed by atoms with Crippen LogP contribution in [0, 0.1) is 5.82 Å². The highest BCUT2D eigenvalue weighted by molar-refractivity contribution is 7.80. The normalized spacial score (nSPS) is 8.75. The van der Waals surface area contributed by atoms with Gasteiger partial charge < -0.3 is 10.2 Å². The minimum Gasteiger partial charge on any atom is -0.508 e. The molecule has 0 heterocycles. The molecule has 0 unspecified atom stereocenters. The van der Waals surface area contributed by atoms with Crippen molar-refractivity contribution >= 4 is 12.6 Å². The number of phenols is 2. The Balaban J connectivity index is 0.000000280. The molecule has 2 aromatic rings. The van der Waals surface area contributed by atoms with Crippen molar-refractivity contribution in [3.63, 3.8) is 0 Å². The molecular weight excluding hydrogens is 275 g/mol. The molecular formula is C16H21FO2S. The van der Waals surface area contributed by atoms with E-state index in [9.17, 15) is 4.39 Å². The molecule has 0 aliphatic rings. The van der Waals surface area contributed by atoms with Crippen LogP contribution >= 0.6 is 12.6 Å². The molecule has 0 radical (unpaired) electrons. The van der Waals surface area contributed by atoms with Crippen molar-refractivity contribution in [2.45, 2.75) is 19.8 Å². The van der Waals surface area contributed by atoms with Crippen molar-refractivity contribution in [1.29, 1.82) is 0 Å². The topological polar surface area (TPSA) is 40.5 Å². The molecule has 2 aromatic carbocycles. The van der Waals surface area contributed by atoms with E-state index in [0.29, 0.717) is 5.75 Å². The Morgan fingerprint density at radius 1 is 0.900 bits per heavy atom. The van der Waals surface area contributed by atoms with Gasteiger partial charge in [-0.2, -0.15) is 12.6 Å². The Kier molecular flexibility index (Phi) is 11.3. The monoisotopic (exact) mass is 296 g/mol. The summed E-state index contributed by atoms with van der Waals surface area (Å²) in [6, 6.07) is 13.7. The van der Waals surface area contributed by atoms with Crippen LogP contribution in [0.3, 0.4) is 0 Å². The fourth-order valence-corrected chi connectivity index (χ4v) is 1.34. The fourth-order valence-electron chi connectivity index (χ4n) is 1.03. The lowest BCUT2D eigenvalue weighted by molar-refractivity contribution is 0.473. The number of thiol groups is 1. The molecule has 0 bridgehead atoms. The third-order valence-corrected chi connectivity index (χ3v) is 2.41. The van der Waals surface area contributed by atoms with Gasteiger partial charge in [0.2, 0.25) is 0 Å². The highest BCUT2D eigenvalue weighted by Gasteiger charge is 1.85. The molecule has 0 amide bonds. The van der Waals surface area contributed by atoms with Gasteiger partial charge in [0, 0.05) is 0 Å². The summed E-state index contributed by atoms with van der Waals surface area (Å²) in [4.78, 5) is 0. The third-order valence-electron chi connectivity index (χ3n) is 2.09. The van der Waals surface area contributed by atoms with Crippen LogP contribution in [-0.4, -0.2) is 16.0 Å². The average molecular weight is 296 g/mol. The van der Waals surface area contributed by atoms with Gasteiger partial charge in [0.15, 0.2) is 0 Å². The average Bonchev–Trinajstić information content (AvgIpc) is 2.45. The van der Waals surface area contributed by atoms with E-state index in [1.54, 1.807) is 24.3 Å². The first-order valence-corrected chi connectivity index (χ1v) is 7.02. The van der Waals surface area contributed by atoms with Gasteiger partial charge >= 0.3 is 0 Å². The summed E-state index contributed by atoms with van der Waals surface area (Å²) in [5.74, 6) is 1.12. The van der Waals surface area contributed by atoms with Gasteiger partial charge in [-0.25, -0.2) is 4.39 Å². The molecule has 20 heavy (non-hydrogen) atoms. The number of rotatable bonds is 2. The standard InChI is InChI=1S/C6H5FO.C6H6O.C4H10S/c7-5-1-3-6(8)4-2-5;7-6-4-2-1-3-5-6;1-2-3-4-5/h1-4,8H;1-5,7H;5H,2-4H2,1H3. The predicted molar refractivity (Wildman–Crippen MR) is 84.9 cm³/mol. The lowest BCUT2D eigenvalue weighted by Crippen LogP contribution is -1.67. The maximum atomic E-state index is 12.0. The lowest BCUT2D eigenvalue weighted by atomic mass is 10.3. The van der Waals surface area contributed by atoms with Crippen LogP contribution in [0.1, 0.15) is 19.8 Å². The summed E-state index contributed by atoms with van der Waals surface area (Å²) in [7, 11) is 0. The first kappa shape index (κ1) is 18.3. The molecule has 2 nitrogen and oxygen atoms in total. The molecule has 2 rings (SSSR count). The SMILES string of the molecule is CCCCS.Oc1ccc(F)cc1.Oc1ccccc1. The number of unbranched alkanes of at least 4 members (excludes halogenated alkanes) is 1. The van der Waals surface area contributed by atoms with E-state index in [2.05, 4.69) is 19.6 Å². The van der Waals surface area contributed by atoms with E-state index in [4.69, 9.17) is 10.2 Å². The van der Waals surface area contributed by atoms with E-state index in [-0.39, 0.29) is 11.6 Å². The summed E-state index contributed by atoms with van der Waals surface area (Å²) < 4.78 is 12.0. The number of phenolic OH excluding ortho intramolecular Hbond substituents is 2. The van der Waals surface area contributed by atoms with Gasteiger partial charge in [0.05, 0.1) is 0 Å². The van der Waals surface area contributed by atoms with Crippen LogP contribution in [0.15, 0.2) is 54.6 Å². The summed E-state index contributed by atoms with van der Waals surface area (Å²) >= 11 is 4.00. The lowest BCUT2D eigenvalue weighted by Gasteiger charge is -1.86. The van der Waals surface area contributed by atoms with Gasteiger partial charge in [-0.3, -0.25) is 0 Å². The minimum absolute atomic E-state index is 0.0893. The Labute approximate surface area is 125 Å². The van der Waals surface area contributed by atoms with E-state index in [1.807, 2.05) is 6.07 Å². The number of hydrogen-bond acceptors (Lipinski definition) is 3. The third kappa shape index (κ3) is 11.4. The van der Waals surface area contributed by atoms with Crippen LogP contribution in [-0.2, 0) is 0 Å². The number of hydrogen-bond donors (Lipinski definition) is 3. The first-order valence-electron chi connectivity index (χ1n) is 6.39. The van der Waals surface area contributed by atoms with Crippen LogP contribution in [0.4, 0.5) is 4.39 Å². The Morgan fingerprint density at radius 2 is 1.40 bits per heavy atom. The zero-order valence-electron chi connectivity index (χ0n) is 11.5. The second-order valence-corrected chi connectivity index (χ2v) is 4.34.